The van der Waals surface area contributed by atoms with Gasteiger partial charge >= 0.3 is 0 Å². The van der Waals surface area contributed by atoms with Crippen LogP contribution in [0.1, 0.15) is 12.5 Å². The maximum Gasteiger partial charge on any atom is 0.134 e. The third-order valence-electron chi connectivity index (χ3n) is 1.98. The van der Waals surface area contributed by atoms with E-state index >= 15 is 0 Å². The lowest BCUT2D eigenvalue weighted by Crippen LogP contribution is -1.95. The van der Waals surface area contributed by atoms with Crippen molar-refractivity contribution in [2.45, 2.75) is 13.3 Å². The van der Waals surface area contributed by atoms with Crippen LogP contribution >= 0.6 is 11.3 Å². The Kier molecular flexibility index (Phi) is 2.15. The lowest BCUT2D eigenvalue weighted by Gasteiger charge is -1.98. The highest BCUT2D eigenvalue weighted by Gasteiger charge is 2.03. The van der Waals surface area contributed by atoms with Crippen LogP contribution < -0.4 is 0 Å². The molecule has 0 bridgehead atoms. The van der Waals surface area contributed by atoms with Gasteiger partial charge in [-0.3, -0.25) is 4.79 Å². The number of thiophene rings is 1. The molecule has 1 heterocycles. The molecule has 1 radical (unpaired) electrons. The van der Waals surface area contributed by atoms with E-state index in [1.165, 1.54) is 5.39 Å². The topological polar surface area (TPSA) is 17.1 Å². The summed E-state index contributed by atoms with van der Waals surface area (Å²) < 4.78 is 0. The van der Waals surface area contributed by atoms with Crippen LogP contribution in [0.15, 0.2) is 23.6 Å². The van der Waals surface area contributed by atoms with E-state index in [0.29, 0.717) is 6.42 Å². The number of fused-ring (bicyclic) bond motifs is 1. The number of Topliss-reactive ketones (excluding diaryl/α,β-unsaturated/α-hetero) is 1. The van der Waals surface area contributed by atoms with E-state index in [-0.39, 0.29) is 5.78 Å². The highest BCUT2D eigenvalue weighted by atomic mass is 32.1. The van der Waals surface area contributed by atoms with E-state index in [1.807, 2.05) is 23.6 Å². The van der Waals surface area contributed by atoms with E-state index in [1.54, 1.807) is 18.3 Å². The van der Waals surface area contributed by atoms with Gasteiger partial charge in [-0.05, 0) is 23.3 Å². The van der Waals surface area contributed by atoms with Gasteiger partial charge in [-0.2, -0.15) is 0 Å². The standard InChI is InChI=1S/C11H9OS/c1-8(12)5-9-3-2-4-10-6-13-7-11(9)10/h2-4,7H,5H2,1H3. The summed E-state index contributed by atoms with van der Waals surface area (Å²) in [4.78, 5) is 11.0. The monoisotopic (exact) mass is 189 g/mol. The molecule has 13 heavy (non-hydrogen) atoms. The molecule has 0 saturated heterocycles. The zero-order valence-corrected chi connectivity index (χ0v) is 8.15. The molecule has 0 aliphatic rings. The normalized spacial score (nSPS) is 10.5. The second-order valence-corrected chi connectivity index (χ2v) is 3.77. The van der Waals surface area contributed by atoms with Crippen molar-refractivity contribution >= 4 is 27.9 Å². The molecular formula is C11H9OS. The molecule has 0 aliphatic carbocycles. The fourth-order valence-corrected chi connectivity index (χ4v) is 2.18. The van der Waals surface area contributed by atoms with Crippen molar-refractivity contribution in [1.29, 1.82) is 0 Å². The summed E-state index contributed by atoms with van der Waals surface area (Å²) in [5, 5.41) is 7.50. The predicted molar refractivity (Wildman–Crippen MR) is 55.0 cm³/mol. The first-order valence-electron chi connectivity index (χ1n) is 4.13. The van der Waals surface area contributed by atoms with E-state index < -0.39 is 0 Å². The third-order valence-corrected chi connectivity index (χ3v) is 2.67. The summed E-state index contributed by atoms with van der Waals surface area (Å²) in [5.41, 5.74) is 1.11. The molecule has 2 rings (SSSR count). The van der Waals surface area contributed by atoms with Crippen LogP contribution in [0.2, 0.25) is 0 Å². The minimum absolute atomic E-state index is 0.207. The predicted octanol–water partition coefficient (Wildman–Crippen LogP) is 2.83. The number of rotatable bonds is 2. The number of ketones is 1. The average Bonchev–Trinajstić information content (AvgIpc) is 2.51. The SMILES string of the molecule is CC(=O)Cc1cccc2[c]scc12. The minimum atomic E-state index is 0.207. The van der Waals surface area contributed by atoms with Crippen molar-refractivity contribution in [3.63, 3.8) is 0 Å². The molecule has 0 N–H and O–H groups in total. The van der Waals surface area contributed by atoms with Crippen molar-refractivity contribution in [2.24, 2.45) is 0 Å². The van der Waals surface area contributed by atoms with Gasteiger partial charge in [0.15, 0.2) is 0 Å². The van der Waals surface area contributed by atoms with Crippen LogP contribution in [0, 0.1) is 5.38 Å². The Labute approximate surface area is 81.0 Å². The molecule has 0 spiro atoms. The summed E-state index contributed by atoms with van der Waals surface area (Å²) in [6.07, 6.45) is 0.530. The molecule has 65 valence electrons. The average molecular weight is 189 g/mol. The minimum Gasteiger partial charge on any atom is -0.300 e. The van der Waals surface area contributed by atoms with Crippen LogP contribution in [0.25, 0.3) is 10.8 Å². The van der Waals surface area contributed by atoms with Gasteiger partial charge in [0, 0.05) is 11.8 Å². The van der Waals surface area contributed by atoms with Crippen molar-refractivity contribution in [3.8, 4) is 0 Å². The lowest BCUT2D eigenvalue weighted by molar-refractivity contribution is -0.116. The summed E-state index contributed by atoms with van der Waals surface area (Å²) in [5.74, 6) is 0.207. The van der Waals surface area contributed by atoms with Gasteiger partial charge in [-0.25, -0.2) is 0 Å². The van der Waals surface area contributed by atoms with Gasteiger partial charge in [0.05, 0.1) is 5.38 Å². The van der Waals surface area contributed by atoms with Gasteiger partial charge in [0.2, 0.25) is 0 Å². The maximum absolute atomic E-state index is 11.0. The maximum atomic E-state index is 11.0. The molecule has 0 atom stereocenters. The molecule has 0 fully saturated rings. The fraction of sp³-hybridized carbons (Fsp3) is 0.182. The number of benzene rings is 1. The Hall–Kier alpha value is -1.15. The van der Waals surface area contributed by atoms with Crippen molar-refractivity contribution in [3.05, 3.63) is 34.5 Å². The van der Waals surface area contributed by atoms with Gasteiger partial charge < -0.3 is 0 Å². The van der Waals surface area contributed by atoms with Crippen LogP contribution in [0.5, 0.6) is 0 Å². The Bertz CT molecular complexity index is 442. The molecule has 0 aliphatic heterocycles. The van der Waals surface area contributed by atoms with Crippen molar-refractivity contribution < 1.29 is 4.79 Å². The Morgan fingerprint density at radius 1 is 1.54 bits per heavy atom. The molecule has 2 heteroatoms. The molecule has 0 saturated carbocycles. The molecule has 2 aromatic rings. The molecule has 0 amide bonds. The highest BCUT2D eigenvalue weighted by molar-refractivity contribution is 7.08. The van der Waals surface area contributed by atoms with Gasteiger partial charge in [0.25, 0.3) is 0 Å². The van der Waals surface area contributed by atoms with E-state index in [4.69, 9.17) is 0 Å². The smallest absolute Gasteiger partial charge is 0.134 e. The fourth-order valence-electron chi connectivity index (χ4n) is 1.42. The number of carbonyl (C=O) groups excluding carboxylic acids is 1. The summed E-state index contributed by atoms with van der Waals surface area (Å²) in [7, 11) is 0. The Balaban J connectivity index is 2.54. The zero-order valence-electron chi connectivity index (χ0n) is 7.33. The largest absolute Gasteiger partial charge is 0.300 e. The summed E-state index contributed by atoms with van der Waals surface area (Å²) in [6.45, 7) is 1.62. The summed E-state index contributed by atoms with van der Waals surface area (Å²) in [6, 6.07) is 6.00. The molecule has 1 aromatic carbocycles. The first-order valence-corrected chi connectivity index (χ1v) is 5.01. The van der Waals surface area contributed by atoms with Crippen LogP contribution in [0.3, 0.4) is 0 Å². The Morgan fingerprint density at radius 2 is 2.38 bits per heavy atom. The second kappa shape index (κ2) is 3.30. The van der Waals surface area contributed by atoms with Gasteiger partial charge in [0.1, 0.15) is 5.78 Å². The number of hydrogen-bond donors (Lipinski definition) is 0. The second-order valence-electron chi connectivity index (χ2n) is 3.09. The highest BCUT2D eigenvalue weighted by Crippen LogP contribution is 2.22. The van der Waals surface area contributed by atoms with E-state index in [0.717, 1.165) is 10.9 Å². The van der Waals surface area contributed by atoms with Gasteiger partial charge in [-0.1, -0.05) is 18.2 Å². The molecule has 1 aromatic heterocycles. The number of carbonyl (C=O) groups is 1. The van der Waals surface area contributed by atoms with Crippen molar-refractivity contribution in [2.75, 3.05) is 0 Å². The van der Waals surface area contributed by atoms with E-state index in [2.05, 4.69) is 5.38 Å². The van der Waals surface area contributed by atoms with Crippen molar-refractivity contribution in [1.82, 2.24) is 0 Å². The van der Waals surface area contributed by atoms with Crippen LogP contribution in [0.4, 0.5) is 0 Å². The lowest BCUT2D eigenvalue weighted by atomic mass is 10.0. The van der Waals surface area contributed by atoms with Crippen LogP contribution in [-0.2, 0) is 11.2 Å². The number of hydrogen-bond acceptors (Lipinski definition) is 2. The third kappa shape index (κ3) is 1.63. The Morgan fingerprint density at radius 3 is 3.15 bits per heavy atom. The molecule has 1 nitrogen and oxygen atoms in total. The summed E-state index contributed by atoms with van der Waals surface area (Å²) >= 11 is 1.56. The zero-order chi connectivity index (χ0) is 9.26. The first kappa shape index (κ1) is 8.45. The van der Waals surface area contributed by atoms with Crippen LogP contribution in [-0.4, -0.2) is 5.78 Å². The van der Waals surface area contributed by atoms with Gasteiger partial charge in [-0.15, -0.1) is 11.3 Å². The van der Waals surface area contributed by atoms with E-state index in [9.17, 15) is 4.79 Å². The molecule has 0 unspecified atom stereocenters. The quantitative estimate of drug-likeness (QED) is 0.710. The first-order chi connectivity index (χ1) is 6.27. The molecular weight excluding hydrogens is 180 g/mol.